The van der Waals surface area contributed by atoms with Crippen LogP contribution in [0.3, 0.4) is 0 Å². The molecule has 0 saturated carbocycles. The molecular weight excluding hydrogens is 551 g/mol. The number of aromatic nitrogens is 1. The van der Waals surface area contributed by atoms with E-state index in [9.17, 15) is 18.0 Å². The molecule has 6 nitrogen and oxygen atoms in total. The Morgan fingerprint density at radius 3 is 2.37 bits per heavy atom. The number of ether oxygens (including phenoxy) is 2. The monoisotopic (exact) mass is 589 g/mol. The minimum atomic E-state index is -4.37. The van der Waals surface area contributed by atoms with Crippen LogP contribution in [0.4, 0.5) is 18.0 Å². The van der Waals surface area contributed by atoms with Gasteiger partial charge in [-0.25, -0.2) is 4.79 Å². The second-order valence-electron chi connectivity index (χ2n) is 11.2. The van der Waals surface area contributed by atoms with Crippen LogP contribution >= 0.6 is 11.8 Å². The Morgan fingerprint density at radius 1 is 0.951 bits per heavy atom. The van der Waals surface area contributed by atoms with Crippen molar-refractivity contribution in [1.29, 1.82) is 0 Å². The maximum atomic E-state index is 13.0. The first-order valence-corrected chi connectivity index (χ1v) is 15.0. The largest absolute Gasteiger partial charge is 0.494 e. The van der Waals surface area contributed by atoms with Crippen molar-refractivity contribution in [2.45, 2.75) is 63.3 Å². The van der Waals surface area contributed by atoms with E-state index < -0.39 is 17.3 Å². The number of halogens is 3. The fraction of sp³-hybridized carbons (Fsp3) is 0.484. The molecule has 0 unspecified atom stereocenters. The van der Waals surface area contributed by atoms with Gasteiger partial charge in [0.05, 0.1) is 17.7 Å². The standard InChI is InChI=1S/C31H38F3N3O3S/c1-30(2,3)40-29(38)37-17-15-36(16-18-37)22-23-7-10-25(11-8-23)39-19-5-4-6-20-41-28-13-14-35-27-21-24(31(32,33)34)9-12-26(27)28/h7-14,21H,4-6,15-20,22H2,1-3H3. The third-order valence-electron chi connectivity index (χ3n) is 6.70. The van der Waals surface area contributed by atoms with Gasteiger partial charge in [0, 0.05) is 49.2 Å². The van der Waals surface area contributed by atoms with Gasteiger partial charge in [-0.05, 0) is 81.7 Å². The Bertz CT molecular complexity index is 1290. The number of amides is 1. The lowest BCUT2D eigenvalue weighted by Gasteiger charge is -2.35. The molecule has 0 radical (unpaired) electrons. The molecule has 10 heteroatoms. The van der Waals surface area contributed by atoms with Crippen LogP contribution in [-0.4, -0.2) is 65.0 Å². The Hall–Kier alpha value is -2.98. The topological polar surface area (TPSA) is 54.9 Å². The van der Waals surface area contributed by atoms with Crippen LogP contribution in [0.5, 0.6) is 5.75 Å². The van der Waals surface area contributed by atoms with Crippen LogP contribution in [0.1, 0.15) is 51.2 Å². The summed E-state index contributed by atoms with van der Waals surface area (Å²) in [6.45, 7) is 10.1. The van der Waals surface area contributed by atoms with Crippen molar-refractivity contribution in [3.63, 3.8) is 0 Å². The second-order valence-corrected chi connectivity index (χ2v) is 12.3. The van der Waals surface area contributed by atoms with Gasteiger partial charge in [0.1, 0.15) is 11.4 Å². The Kier molecular flexibility index (Phi) is 10.4. The number of piperazine rings is 1. The van der Waals surface area contributed by atoms with Gasteiger partial charge in [0.15, 0.2) is 0 Å². The highest BCUT2D eigenvalue weighted by atomic mass is 32.2. The number of rotatable bonds is 10. The van der Waals surface area contributed by atoms with Gasteiger partial charge in [-0.15, -0.1) is 11.8 Å². The van der Waals surface area contributed by atoms with Crippen molar-refractivity contribution in [3.05, 3.63) is 65.9 Å². The molecule has 41 heavy (non-hydrogen) atoms. The minimum Gasteiger partial charge on any atom is -0.494 e. The number of unbranched alkanes of at least 4 members (excludes halogenated alkanes) is 2. The van der Waals surface area contributed by atoms with Crippen LogP contribution in [-0.2, 0) is 17.5 Å². The lowest BCUT2D eigenvalue weighted by molar-refractivity contribution is -0.137. The fourth-order valence-electron chi connectivity index (χ4n) is 4.54. The van der Waals surface area contributed by atoms with Crippen LogP contribution < -0.4 is 4.74 Å². The quantitative estimate of drug-likeness (QED) is 0.179. The van der Waals surface area contributed by atoms with Gasteiger partial charge in [-0.3, -0.25) is 9.88 Å². The van der Waals surface area contributed by atoms with E-state index in [4.69, 9.17) is 9.47 Å². The Morgan fingerprint density at radius 2 is 1.68 bits per heavy atom. The zero-order valence-electron chi connectivity index (χ0n) is 23.9. The zero-order valence-corrected chi connectivity index (χ0v) is 24.7. The molecule has 1 aromatic heterocycles. The predicted molar refractivity (Wildman–Crippen MR) is 156 cm³/mol. The molecule has 4 rings (SSSR count). The third kappa shape index (κ3) is 9.53. The predicted octanol–water partition coefficient (Wildman–Crippen LogP) is 7.65. The van der Waals surface area contributed by atoms with E-state index >= 15 is 0 Å². The molecule has 0 atom stereocenters. The number of thioether (sulfide) groups is 1. The van der Waals surface area contributed by atoms with Gasteiger partial charge in [-0.1, -0.05) is 18.2 Å². The van der Waals surface area contributed by atoms with Crippen LogP contribution in [0.2, 0.25) is 0 Å². The van der Waals surface area contributed by atoms with Crippen molar-refractivity contribution in [1.82, 2.24) is 14.8 Å². The number of pyridine rings is 1. The van der Waals surface area contributed by atoms with E-state index in [0.717, 1.165) is 72.8 Å². The first-order chi connectivity index (χ1) is 19.5. The first-order valence-electron chi connectivity index (χ1n) is 14.0. The number of benzene rings is 2. The molecular formula is C31H38F3N3O3S. The normalized spacial score (nSPS) is 14.8. The van der Waals surface area contributed by atoms with Gasteiger partial charge in [-0.2, -0.15) is 13.2 Å². The number of carbonyl (C=O) groups is 1. The SMILES string of the molecule is CC(C)(C)OC(=O)N1CCN(Cc2ccc(OCCCCCSc3ccnc4cc(C(F)(F)F)ccc34)cc2)CC1. The summed E-state index contributed by atoms with van der Waals surface area (Å²) < 4.78 is 50.3. The highest BCUT2D eigenvalue weighted by Crippen LogP contribution is 2.34. The molecule has 0 bridgehead atoms. The molecule has 0 spiro atoms. The number of hydrogen-bond acceptors (Lipinski definition) is 6. The lowest BCUT2D eigenvalue weighted by atomic mass is 10.1. The molecule has 1 saturated heterocycles. The summed E-state index contributed by atoms with van der Waals surface area (Å²) >= 11 is 1.65. The van der Waals surface area contributed by atoms with Crippen LogP contribution in [0, 0.1) is 0 Å². The Labute approximate surface area is 244 Å². The second kappa shape index (κ2) is 13.8. The summed E-state index contributed by atoms with van der Waals surface area (Å²) in [6.07, 6.45) is -0.135. The summed E-state index contributed by atoms with van der Waals surface area (Å²) in [6, 6.07) is 13.8. The van der Waals surface area contributed by atoms with Crippen molar-refractivity contribution in [3.8, 4) is 5.75 Å². The summed E-state index contributed by atoms with van der Waals surface area (Å²) in [4.78, 5) is 21.4. The average Bonchev–Trinajstić information content (AvgIpc) is 2.92. The number of nitrogens with zero attached hydrogens (tertiary/aromatic N) is 3. The molecule has 222 valence electrons. The van der Waals surface area contributed by atoms with E-state index in [1.807, 2.05) is 39.0 Å². The number of alkyl halides is 3. The molecule has 2 heterocycles. The van der Waals surface area contributed by atoms with E-state index in [-0.39, 0.29) is 6.09 Å². The number of fused-ring (bicyclic) bond motifs is 1. The van der Waals surface area contributed by atoms with Gasteiger partial charge >= 0.3 is 12.3 Å². The highest BCUT2D eigenvalue weighted by molar-refractivity contribution is 7.99. The minimum absolute atomic E-state index is 0.245. The molecule has 1 amide bonds. The summed E-state index contributed by atoms with van der Waals surface area (Å²) in [5.74, 6) is 1.72. The molecule has 3 aromatic rings. The van der Waals surface area contributed by atoms with Gasteiger partial charge in [0.2, 0.25) is 0 Å². The maximum Gasteiger partial charge on any atom is 0.416 e. The smallest absolute Gasteiger partial charge is 0.416 e. The molecule has 1 fully saturated rings. The van der Waals surface area contributed by atoms with Gasteiger partial charge in [0.25, 0.3) is 0 Å². The molecule has 0 aliphatic carbocycles. The molecule has 0 N–H and O–H groups in total. The number of carbonyl (C=O) groups excluding carboxylic acids is 1. The highest BCUT2D eigenvalue weighted by Gasteiger charge is 2.30. The maximum absolute atomic E-state index is 13.0. The average molecular weight is 590 g/mol. The van der Waals surface area contributed by atoms with Crippen molar-refractivity contribution >= 4 is 28.8 Å². The zero-order chi connectivity index (χ0) is 29.5. The molecule has 1 aliphatic heterocycles. The molecule has 1 aliphatic rings. The first kappa shape index (κ1) is 31.0. The lowest BCUT2D eigenvalue weighted by Crippen LogP contribution is -2.49. The van der Waals surface area contributed by atoms with Gasteiger partial charge < -0.3 is 14.4 Å². The van der Waals surface area contributed by atoms with Crippen LogP contribution in [0.15, 0.2) is 59.6 Å². The Balaban J connectivity index is 1.11. The van der Waals surface area contributed by atoms with Crippen molar-refractivity contribution < 1.29 is 27.4 Å². The summed E-state index contributed by atoms with van der Waals surface area (Å²) in [5.41, 5.74) is 0.416. The van der Waals surface area contributed by atoms with E-state index in [2.05, 4.69) is 22.0 Å². The molecule has 2 aromatic carbocycles. The van der Waals surface area contributed by atoms with E-state index in [1.54, 1.807) is 22.9 Å². The van der Waals surface area contributed by atoms with Crippen LogP contribution in [0.25, 0.3) is 10.9 Å². The fourth-order valence-corrected chi connectivity index (χ4v) is 5.59. The van der Waals surface area contributed by atoms with Crippen molar-refractivity contribution in [2.24, 2.45) is 0 Å². The third-order valence-corrected chi connectivity index (χ3v) is 7.86. The van der Waals surface area contributed by atoms with Crippen molar-refractivity contribution in [2.75, 3.05) is 38.5 Å². The number of hydrogen-bond donors (Lipinski definition) is 0. The summed E-state index contributed by atoms with van der Waals surface area (Å²) in [7, 11) is 0. The van der Waals surface area contributed by atoms with E-state index in [1.165, 1.54) is 11.6 Å². The summed E-state index contributed by atoms with van der Waals surface area (Å²) in [5, 5.41) is 0.750. The van der Waals surface area contributed by atoms with E-state index in [0.29, 0.717) is 25.2 Å².